The largest absolute Gasteiger partial charge is 0.328 e. The molecule has 0 bridgehead atoms. The number of hydrogen-bond acceptors (Lipinski definition) is 3. The lowest BCUT2D eigenvalue weighted by Crippen LogP contribution is -2.36. The van der Waals surface area contributed by atoms with Gasteiger partial charge in [-0.1, -0.05) is 13.8 Å². The standard InChI is InChI=1S/C11H19N3O2/c1-8(2)9(3)12-5-7-14-6-4-10(15)13-11(14)16/h4,6,8-9,12H,5,7H2,1-3H3,(H,13,15,16). The van der Waals surface area contributed by atoms with Crippen molar-refractivity contribution in [3.05, 3.63) is 33.1 Å². The molecule has 1 atom stereocenters. The van der Waals surface area contributed by atoms with Gasteiger partial charge >= 0.3 is 5.69 Å². The number of nitrogens with one attached hydrogen (secondary N) is 2. The third-order valence-electron chi connectivity index (χ3n) is 2.72. The first-order chi connectivity index (χ1) is 7.50. The number of H-pyrrole nitrogens is 1. The van der Waals surface area contributed by atoms with Crippen molar-refractivity contribution >= 4 is 0 Å². The average molecular weight is 225 g/mol. The van der Waals surface area contributed by atoms with Crippen molar-refractivity contribution in [2.75, 3.05) is 6.54 Å². The molecule has 2 N–H and O–H groups in total. The maximum Gasteiger partial charge on any atom is 0.328 e. The zero-order valence-electron chi connectivity index (χ0n) is 9.99. The van der Waals surface area contributed by atoms with Crippen molar-refractivity contribution in [3.8, 4) is 0 Å². The normalized spacial score (nSPS) is 13.0. The Hall–Kier alpha value is -1.36. The quantitative estimate of drug-likeness (QED) is 0.750. The Labute approximate surface area is 94.5 Å². The molecule has 0 aliphatic heterocycles. The molecule has 0 radical (unpaired) electrons. The van der Waals surface area contributed by atoms with Crippen LogP contribution in [0.1, 0.15) is 20.8 Å². The molecule has 0 aliphatic carbocycles. The summed E-state index contributed by atoms with van der Waals surface area (Å²) in [5, 5.41) is 3.32. The fraction of sp³-hybridized carbons (Fsp3) is 0.636. The molecular formula is C11H19N3O2. The van der Waals surface area contributed by atoms with Crippen LogP contribution in [0.2, 0.25) is 0 Å². The summed E-state index contributed by atoms with van der Waals surface area (Å²) in [7, 11) is 0. The van der Waals surface area contributed by atoms with Gasteiger partial charge in [-0.3, -0.25) is 14.3 Å². The van der Waals surface area contributed by atoms with Crippen LogP contribution in [0.3, 0.4) is 0 Å². The van der Waals surface area contributed by atoms with Gasteiger partial charge in [0.25, 0.3) is 5.56 Å². The highest BCUT2D eigenvalue weighted by molar-refractivity contribution is 4.82. The molecule has 5 heteroatoms. The molecule has 5 nitrogen and oxygen atoms in total. The maximum atomic E-state index is 11.3. The van der Waals surface area contributed by atoms with E-state index in [1.165, 1.54) is 16.8 Å². The molecule has 0 amide bonds. The van der Waals surface area contributed by atoms with E-state index in [-0.39, 0.29) is 11.2 Å². The fourth-order valence-electron chi connectivity index (χ4n) is 1.27. The van der Waals surface area contributed by atoms with Crippen LogP contribution in [-0.4, -0.2) is 22.1 Å². The number of aromatic nitrogens is 2. The lowest BCUT2D eigenvalue weighted by atomic mass is 10.1. The second-order valence-corrected chi connectivity index (χ2v) is 4.29. The third-order valence-corrected chi connectivity index (χ3v) is 2.72. The summed E-state index contributed by atoms with van der Waals surface area (Å²) in [6.07, 6.45) is 1.52. The summed E-state index contributed by atoms with van der Waals surface area (Å²) in [6.45, 7) is 7.67. The lowest BCUT2D eigenvalue weighted by molar-refractivity contribution is 0.414. The van der Waals surface area contributed by atoms with Gasteiger partial charge in [0.2, 0.25) is 0 Å². The molecule has 0 aromatic carbocycles. The number of hydrogen-bond donors (Lipinski definition) is 2. The molecule has 1 aromatic rings. The minimum atomic E-state index is -0.357. The minimum absolute atomic E-state index is 0.355. The van der Waals surface area contributed by atoms with Crippen molar-refractivity contribution in [1.82, 2.24) is 14.9 Å². The molecule has 0 fully saturated rings. The molecule has 0 saturated carbocycles. The smallest absolute Gasteiger partial charge is 0.312 e. The summed E-state index contributed by atoms with van der Waals surface area (Å²) < 4.78 is 1.49. The van der Waals surface area contributed by atoms with Gasteiger partial charge < -0.3 is 5.32 Å². The first-order valence-electron chi connectivity index (χ1n) is 5.54. The molecule has 16 heavy (non-hydrogen) atoms. The second kappa shape index (κ2) is 5.65. The Balaban J connectivity index is 2.50. The second-order valence-electron chi connectivity index (χ2n) is 4.29. The predicted octanol–water partition coefficient (Wildman–Crippen LogP) is 0.171. The van der Waals surface area contributed by atoms with Crippen molar-refractivity contribution in [3.63, 3.8) is 0 Å². The Morgan fingerprint density at radius 1 is 1.38 bits per heavy atom. The van der Waals surface area contributed by atoms with Crippen LogP contribution in [0.5, 0.6) is 0 Å². The summed E-state index contributed by atoms with van der Waals surface area (Å²) in [5.74, 6) is 0.562. The van der Waals surface area contributed by atoms with Crippen molar-refractivity contribution in [2.24, 2.45) is 5.92 Å². The van der Waals surface area contributed by atoms with E-state index in [2.05, 4.69) is 31.1 Å². The van der Waals surface area contributed by atoms with Crippen LogP contribution in [-0.2, 0) is 6.54 Å². The van der Waals surface area contributed by atoms with E-state index in [4.69, 9.17) is 0 Å². The molecular weight excluding hydrogens is 206 g/mol. The number of aromatic amines is 1. The van der Waals surface area contributed by atoms with Crippen LogP contribution >= 0.6 is 0 Å². The van der Waals surface area contributed by atoms with Gasteiger partial charge in [0.1, 0.15) is 0 Å². The van der Waals surface area contributed by atoms with E-state index < -0.39 is 0 Å². The Bertz CT molecular complexity index is 433. The van der Waals surface area contributed by atoms with Gasteiger partial charge in [0, 0.05) is 31.4 Å². The summed E-state index contributed by atoms with van der Waals surface area (Å²) in [4.78, 5) is 24.4. The van der Waals surface area contributed by atoms with Gasteiger partial charge in [-0.05, 0) is 12.8 Å². The third kappa shape index (κ3) is 3.66. The Kier molecular flexibility index (Phi) is 4.49. The van der Waals surface area contributed by atoms with Gasteiger partial charge in [-0.25, -0.2) is 4.79 Å². The zero-order valence-corrected chi connectivity index (χ0v) is 9.99. The maximum absolute atomic E-state index is 11.3. The highest BCUT2D eigenvalue weighted by Crippen LogP contribution is 1.98. The monoisotopic (exact) mass is 225 g/mol. The molecule has 1 heterocycles. The Morgan fingerprint density at radius 2 is 2.06 bits per heavy atom. The van der Waals surface area contributed by atoms with Crippen molar-refractivity contribution in [1.29, 1.82) is 0 Å². The fourth-order valence-corrected chi connectivity index (χ4v) is 1.27. The van der Waals surface area contributed by atoms with Crippen LogP contribution in [0.4, 0.5) is 0 Å². The number of nitrogens with zero attached hydrogens (tertiary/aromatic N) is 1. The van der Waals surface area contributed by atoms with Crippen LogP contribution in [0.25, 0.3) is 0 Å². The van der Waals surface area contributed by atoms with Crippen molar-refractivity contribution in [2.45, 2.75) is 33.4 Å². The molecule has 1 rings (SSSR count). The van der Waals surface area contributed by atoms with Gasteiger partial charge in [-0.15, -0.1) is 0 Å². The topological polar surface area (TPSA) is 66.9 Å². The van der Waals surface area contributed by atoms with E-state index >= 15 is 0 Å². The molecule has 0 spiro atoms. The Morgan fingerprint density at radius 3 is 2.62 bits per heavy atom. The van der Waals surface area contributed by atoms with Crippen molar-refractivity contribution < 1.29 is 0 Å². The lowest BCUT2D eigenvalue weighted by Gasteiger charge is -2.17. The van der Waals surface area contributed by atoms with Crippen LogP contribution in [0, 0.1) is 5.92 Å². The van der Waals surface area contributed by atoms with Crippen LogP contribution in [0.15, 0.2) is 21.9 Å². The van der Waals surface area contributed by atoms with E-state index in [0.29, 0.717) is 25.0 Å². The highest BCUT2D eigenvalue weighted by atomic mass is 16.2. The molecule has 1 unspecified atom stereocenters. The summed E-state index contributed by atoms with van der Waals surface area (Å²) >= 11 is 0. The minimum Gasteiger partial charge on any atom is -0.312 e. The van der Waals surface area contributed by atoms with Gasteiger partial charge in [0.15, 0.2) is 0 Å². The first-order valence-corrected chi connectivity index (χ1v) is 5.54. The molecule has 0 saturated heterocycles. The molecule has 0 aliphatic rings. The summed E-state index contributed by atoms with van der Waals surface area (Å²) in [5.41, 5.74) is -0.712. The SMILES string of the molecule is CC(C)C(C)NCCn1ccc(=O)[nH]c1=O. The van der Waals surface area contributed by atoms with E-state index in [1.807, 2.05) is 0 Å². The zero-order chi connectivity index (χ0) is 12.1. The molecule has 1 aromatic heterocycles. The first kappa shape index (κ1) is 12.7. The number of rotatable bonds is 5. The van der Waals surface area contributed by atoms with E-state index in [0.717, 1.165) is 0 Å². The van der Waals surface area contributed by atoms with Gasteiger partial charge in [0.05, 0.1) is 0 Å². The predicted molar refractivity (Wildman–Crippen MR) is 63.6 cm³/mol. The summed E-state index contributed by atoms with van der Waals surface area (Å²) in [6, 6.07) is 1.77. The highest BCUT2D eigenvalue weighted by Gasteiger charge is 2.05. The van der Waals surface area contributed by atoms with Crippen LogP contribution < -0.4 is 16.6 Å². The van der Waals surface area contributed by atoms with E-state index in [1.54, 1.807) is 0 Å². The molecule has 90 valence electrons. The van der Waals surface area contributed by atoms with E-state index in [9.17, 15) is 9.59 Å². The van der Waals surface area contributed by atoms with Gasteiger partial charge in [-0.2, -0.15) is 0 Å². The average Bonchev–Trinajstić information content (AvgIpc) is 2.20.